The third kappa shape index (κ3) is 6.33. The molecule has 2 aliphatic rings. The number of amides is 3. The van der Waals surface area contributed by atoms with Gasteiger partial charge in [-0.05, 0) is 42.2 Å². The largest absolute Gasteiger partial charge is 0.496 e. The molecule has 5 rings (SSSR count). The zero-order valence-electron chi connectivity index (χ0n) is 23.3. The van der Waals surface area contributed by atoms with E-state index in [-0.39, 0.29) is 30.8 Å². The lowest BCUT2D eigenvalue weighted by Crippen LogP contribution is -2.49. The van der Waals surface area contributed by atoms with Crippen LogP contribution in [0.2, 0.25) is 0 Å². The van der Waals surface area contributed by atoms with Crippen molar-refractivity contribution in [2.45, 2.75) is 12.8 Å². The molecule has 8 heteroatoms. The fourth-order valence-corrected chi connectivity index (χ4v) is 5.61. The van der Waals surface area contributed by atoms with E-state index in [0.29, 0.717) is 50.3 Å². The van der Waals surface area contributed by atoms with Crippen LogP contribution in [0.4, 0.5) is 0 Å². The summed E-state index contributed by atoms with van der Waals surface area (Å²) >= 11 is 0. The third-order valence-electron chi connectivity index (χ3n) is 7.68. The first-order valence-electron chi connectivity index (χ1n) is 14.1. The normalized spacial score (nSPS) is 17.1. The Hall–Kier alpha value is -4.43. The molecule has 2 aliphatic heterocycles. The number of carbonyl (C=O) groups excluding carboxylic acids is 3. The molecule has 1 fully saturated rings. The second kappa shape index (κ2) is 13.3. The topological polar surface area (TPSA) is 91.0 Å². The van der Waals surface area contributed by atoms with Crippen LogP contribution in [-0.4, -0.2) is 73.9 Å². The summed E-state index contributed by atoms with van der Waals surface area (Å²) in [5, 5.41) is 6.21. The maximum absolute atomic E-state index is 14.2. The predicted octanol–water partition coefficient (Wildman–Crippen LogP) is 3.36. The minimum atomic E-state index is -0.506. The monoisotopic (exact) mass is 552 g/mol. The minimum absolute atomic E-state index is 0.119. The number of nitrogens with one attached hydrogen (secondary N) is 2. The standard InChI is InChI=1S/C33H36N4O4/c1-41-28-15-9-8-10-24(28)16-17-27-29(25-11-4-2-5-12-25)30(33(40)36-21-18-34-19-22-36)37(32(27)39)23-20-35-31(38)26-13-6-3-7-14-26/h2-15,27,34H,16-23H2,1H3,(H,35,38). The molecule has 8 nitrogen and oxygen atoms in total. The molecule has 1 saturated heterocycles. The molecule has 3 amide bonds. The molecule has 0 aromatic heterocycles. The molecule has 0 saturated carbocycles. The van der Waals surface area contributed by atoms with Gasteiger partial charge >= 0.3 is 0 Å². The summed E-state index contributed by atoms with van der Waals surface area (Å²) in [7, 11) is 1.64. The van der Waals surface area contributed by atoms with Gasteiger partial charge in [0, 0.05) is 50.4 Å². The van der Waals surface area contributed by atoms with E-state index < -0.39 is 5.92 Å². The summed E-state index contributed by atoms with van der Waals surface area (Å²) in [6, 6.07) is 26.5. The van der Waals surface area contributed by atoms with Gasteiger partial charge in [-0.1, -0.05) is 66.7 Å². The highest BCUT2D eigenvalue weighted by Crippen LogP contribution is 2.40. The summed E-state index contributed by atoms with van der Waals surface area (Å²) in [5.41, 5.74) is 3.59. The van der Waals surface area contributed by atoms with Crippen molar-refractivity contribution in [3.05, 3.63) is 107 Å². The molecule has 1 atom stereocenters. The SMILES string of the molecule is COc1ccccc1CCC1C(=O)N(CCNC(=O)c2ccccc2)C(C(=O)N2CCNCC2)=C1c1ccccc1. The molecule has 41 heavy (non-hydrogen) atoms. The molecule has 0 bridgehead atoms. The van der Waals surface area contributed by atoms with Crippen LogP contribution in [0, 0.1) is 5.92 Å². The zero-order valence-corrected chi connectivity index (χ0v) is 23.3. The van der Waals surface area contributed by atoms with Crippen molar-refractivity contribution >= 4 is 23.3 Å². The van der Waals surface area contributed by atoms with Crippen LogP contribution in [0.1, 0.15) is 27.9 Å². The van der Waals surface area contributed by atoms with Gasteiger partial charge in [0.1, 0.15) is 11.4 Å². The van der Waals surface area contributed by atoms with E-state index in [1.165, 1.54) is 0 Å². The molecule has 3 aromatic rings. The van der Waals surface area contributed by atoms with Gasteiger partial charge in [-0.25, -0.2) is 0 Å². The highest BCUT2D eigenvalue weighted by atomic mass is 16.5. The number of piperazine rings is 1. The lowest BCUT2D eigenvalue weighted by atomic mass is 9.88. The van der Waals surface area contributed by atoms with Crippen LogP contribution in [0.25, 0.3) is 5.57 Å². The zero-order chi connectivity index (χ0) is 28.6. The number of aryl methyl sites for hydroxylation is 1. The van der Waals surface area contributed by atoms with Crippen molar-refractivity contribution < 1.29 is 19.1 Å². The van der Waals surface area contributed by atoms with Crippen molar-refractivity contribution in [3.8, 4) is 5.75 Å². The van der Waals surface area contributed by atoms with Crippen LogP contribution < -0.4 is 15.4 Å². The van der Waals surface area contributed by atoms with Gasteiger partial charge in [-0.3, -0.25) is 14.4 Å². The van der Waals surface area contributed by atoms with Gasteiger partial charge < -0.3 is 25.2 Å². The van der Waals surface area contributed by atoms with Crippen molar-refractivity contribution in [1.82, 2.24) is 20.4 Å². The Bertz CT molecular complexity index is 1400. The number of para-hydroxylation sites is 1. The van der Waals surface area contributed by atoms with Crippen LogP contribution >= 0.6 is 0 Å². The van der Waals surface area contributed by atoms with Crippen molar-refractivity contribution in [3.63, 3.8) is 0 Å². The smallest absolute Gasteiger partial charge is 0.270 e. The van der Waals surface area contributed by atoms with Crippen LogP contribution in [0.3, 0.4) is 0 Å². The van der Waals surface area contributed by atoms with E-state index in [1.807, 2.05) is 77.7 Å². The number of rotatable bonds is 10. The highest BCUT2D eigenvalue weighted by molar-refractivity contribution is 6.12. The first-order chi connectivity index (χ1) is 20.1. The third-order valence-corrected chi connectivity index (χ3v) is 7.68. The molecule has 3 aromatic carbocycles. The summed E-state index contributed by atoms with van der Waals surface area (Å²) < 4.78 is 5.56. The number of methoxy groups -OCH3 is 1. The first kappa shape index (κ1) is 28.1. The Balaban J connectivity index is 1.47. The lowest BCUT2D eigenvalue weighted by molar-refractivity contribution is -0.136. The molecular weight excluding hydrogens is 516 g/mol. The van der Waals surface area contributed by atoms with Gasteiger partial charge in [-0.15, -0.1) is 0 Å². The second-order valence-corrected chi connectivity index (χ2v) is 10.2. The maximum atomic E-state index is 14.2. The highest BCUT2D eigenvalue weighted by Gasteiger charge is 2.43. The molecule has 2 N–H and O–H groups in total. The van der Waals surface area contributed by atoms with E-state index >= 15 is 0 Å². The molecule has 212 valence electrons. The second-order valence-electron chi connectivity index (χ2n) is 10.2. The predicted molar refractivity (Wildman–Crippen MR) is 158 cm³/mol. The van der Waals surface area contributed by atoms with Gasteiger partial charge in [-0.2, -0.15) is 0 Å². The molecule has 0 aliphatic carbocycles. The summed E-state index contributed by atoms with van der Waals surface area (Å²) in [4.78, 5) is 44.4. The minimum Gasteiger partial charge on any atom is -0.496 e. The van der Waals surface area contributed by atoms with E-state index in [0.717, 1.165) is 22.4 Å². The van der Waals surface area contributed by atoms with Crippen molar-refractivity contribution in [2.75, 3.05) is 46.4 Å². The molecule has 0 spiro atoms. The quantitative estimate of drug-likeness (QED) is 0.403. The Labute approximate surface area is 241 Å². The van der Waals surface area contributed by atoms with E-state index in [2.05, 4.69) is 10.6 Å². The number of carbonyl (C=O) groups is 3. The van der Waals surface area contributed by atoms with E-state index in [1.54, 1.807) is 24.1 Å². The van der Waals surface area contributed by atoms with E-state index in [4.69, 9.17) is 4.74 Å². The molecular formula is C33H36N4O4. The van der Waals surface area contributed by atoms with Gasteiger partial charge in [0.05, 0.1) is 13.0 Å². The lowest BCUT2D eigenvalue weighted by Gasteiger charge is -2.30. The fourth-order valence-electron chi connectivity index (χ4n) is 5.61. The number of hydrogen-bond donors (Lipinski definition) is 2. The van der Waals surface area contributed by atoms with E-state index in [9.17, 15) is 14.4 Å². The van der Waals surface area contributed by atoms with Gasteiger partial charge in [0.2, 0.25) is 5.91 Å². The Kier molecular flexibility index (Phi) is 9.11. The number of ether oxygens (including phenoxy) is 1. The van der Waals surface area contributed by atoms with Gasteiger partial charge in [0.25, 0.3) is 11.8 Å². The number of benzene rings is 3. The summed E-state index contributed by atoms with van der Waals surface area (Å²) in [6.07, 6.45) is 1.14. The molecule has 0 radical (unpaired) electrons. The Morgan fingerprint density at radius 1 is 0.927 bits per heavy atom. The van der Waals surface area contributed by atoms with Crippen molar-refractivity contribution in [1.29, 1.82) is 0 Å². The fraction of sp³-hybridized carbons (Fsp3) is 0.303. The number of nitrogens with zero attached hydrogens (tertiary/aromatic N) is 2. The van der Waals surface area contributed by atoms with Crippen LogP contribution in [-0.2, 0) is 16.0 Å². The maximum Gasteiger partial charge on any atom is 0.270 e. The molecule has 1 unspecified atom stereocenters. The Morgan fingerprint density at radius 2 is 1.59 bits per heavy atom. The van der Waals surface area contributed by atoms with Gasteiger partial charge in [0.15, 0.2) is 0 Å². The number of hydrogen-bond acceptors (Lipinski definition) is 5. The summed E-state index contributed by atoms with van der Waals surface area (Å²) in [6.45, 7) is 2.98. The Morgan fingerprint density at radius 3 is 2.29 bits per heavy atom. The van der Waals surface area contributed by atoms with Crippen LogP contribution in [0.15, 0.2) is 90.6 Å². The average molecular weight is 553 g/mol. The first-order valence-corrected chi connectivity index (χ1v) is 14.1. The van der Waals surface area contributed by atoms with Crippen LogP contribution in [0.5, 0.6) is 5.75 Å². The average Bonchev–Trinajstić information content (AvgIpc) is 3.31. The summed E-state index contributed by atoms with van der Waals surface area (Å²) in [5.74, 6) is -0.207. The van der Waals surface area contributed by atoms with Crippen molar-refractivity contribution in [2.24, 2.45) is 5.92 Å². The molecule has 2 heterocycles.